The Balaban J connectivity index is 2.58. The van der Waals surface area contributed by atoms with Crippen LogP contribution in [0.2, 0.25) is 0 Å². The van der Waals surface area contributed by atoms with Crippen LogP contribution in [-0.4, -0.2) is 16.1 Å². The molecule has 1 aromatic heterocycles. The number of benzene rings is 1. The first kappa shape index (κ1) is 9.27. The number of halogens is 1. The van der Waals surface area contributed by atoms with Crippen molar-refractivity contribution < 1.29 is 9.90 Å². The Morgan fingerprint density at radius 1 is 1.43 bits per heavy atom. The number of carboxylic acids is 1. The third kappa shape index (κ3) is 1.42. The third-order valence-corrected chi connectivity index (χ3v) is 3.00. The molecule has 72 valence electrons. The maximum Gasteiger partial charge on any atom is 0.321 e. The molecule has 0 aliphatic carbocycles. The fraction of sp³-hybridized carbons (Fsp3) is 0.100. The zero-order valence-corrected chi connectivity index (χ0v) is 8.78. The number of hydrogen-bond acceptors (Lipinski definition) is 1. The summed E-state index contributed by atoms with van der Waals surface area (Å²) in [5.74, 6) is -0.880. The minimum absolute atomic E-state index is 0.654. The van der Waals surface area contributed by atoms with Crippen molar-refractivity contribution in [3.63, 3.8) is 0 Å². The lowest BCUT2D eigenvalue weighted by Crippen LogP contribution is -2.03. The summed E-state index contributed by atoms with van der Waals surface area (Å²) in [4.78, 5) is 13.2. The Hall–Kier alpha value is -1.29. The maximum absolute atomic E-state index is 10.8. The molecule has 4 heteroatoms. The van der Waals surface area contributed by atoms with E-state index in [0.29, 0.717) is 0 Å². The van der Waals surface area contributed by atoms with E-state index in [4.69, 9.17) is 5.11 Å². The fourth-order valence-electron chi connectivity index (χ4n) is 1.44. The molecule has 14 heavy (non-hydrogen) atoms. The van der Waals surface area contributed by atoms with Crippen molar-refractivity contribution in [1.29, 1.82) is 0 Å². The van der Waals surface area contributed by atoms with Gasteiger partial charge in [0.15, 0.2) is 0 Å². The molecule has 0 aliphatic heterocycles. The lowest BCUT2D eigenvalue weighted by atomic mass is 10.1. The summed E-state index contributed by atoms with van der Waals surface area (Å²) in [7, 11) is 0. The summed E-state index contributed by atoms with van der Waals surface area (Å²) < 4.78 is 0. The number of nitrogens with one attached hydrogen (secondary N) is 1. The van der Waals surface area contributed by atoms with Crippen LogP contribution < -0.4 is 0 Å². The first-order valence-electron chi connectivity index (χ1n) is 4.13. The highest BCUT2D eigenvalue weighted by Gasteiger charge is 2.18. The highest BCUT2D eigenvalue weighted by molar-refractivity contribution is 9.09. The fourth-order valence-corrected chi connectivity index (χ4v) is 1.82. The minimum atomic E-state index is -0.880. The summed E-state index contributed by atoms with van der Waals surface area (Å²) in [6.07, 6.45) is 1.72. The van der Waals surface area contributed by atoms with E-state index in [1.165, 1.54) is 0 Å². The van der Waals surface area contributed by atoms with Crippen LogP contribution in [0.4, 0.5) is 0 Å². The zero-order valence-electron chi connectivity index (χ0n) is 7.20. The highest BCUT2D eigenvalue weighted by Crippen LogP contribution is 2.29. The number of aromatic amines is 1. The van der Waals surface area contributed by atoms with Gasteiger partial charge in [-0.15, -0.1) is 0 Å². The molecule has 2 N–H and O–H groups in total. The summed E-state index contributed by atoms with van der Waals surface area (Å²) in [6.45, 7) is 0. The quantitative estimate of drug-likeness (QED) is 0.809. The average molecular weight is 254 g/mol. The smallest absolute Gasteiger partial charge is 0.321 e. The maximum atomic E-state index is 10.8. The van der Waals surface area contributed by atoms with E-state index >= 15 is 0 Å². The van der Waals surface area contributed by atoms with Crippen LogP contribution in [0.1, 0.15) is 10.4 Å². The van der Waals surface area contributed by atoms with Crippen molar-refractivity contribution in [2.24, 2.45) is 0 Å². The van der Waals surface area contributed by atoms with Crippen molar-refractivity contribution in [2.75, 3.05) is 0 Å². The molecule has 0 amide bonds. The number of hydrogen-bond donors (Lipinski definition) is 2. The van der Waals surface area contributed by atoms with E-state index in [0.717, 1.165) is 16.5 Å². The van der Waals surface area contributed by atoms with E-state index in [1.54, 1.807) is 6.20 Å². The van der Waals surface area contributed by atoms with Gasteiger partial charge in [-0.3, -0.25) is 4.79 Å². The largest absolute Gasteiger partial charge is 0.480 e. The first-order valence-corrected chi connectivity index (χ1v) is 5.04. The molecule has 0 fully saturated rings. The second kappa shape index (κ2) is 3.46. The second-order valence-electron chi connectivity index (χ2n) is 2.99. The van der Waals surface area contributed by atoms with E-state index in [2.05, 4.69) is 20.9 Å². The number of para-hydroxylation sites is 1. The molecule has 1 atom stereocenters. The number of alkyl halides is 1. The van der Waals surface area contributed by atoms with Gasteiger partial charge in [-0.2, -0.15) is 0 Å². The van der Waals surface area contributed by atoms with Gasteiger partial charge in [0.1, 0.15) is 4.83 Å². The minimum Gasteiger partial charge on any atom is -0.480 e. The highest BCUT2D eigenvalue weighted by atomic mass is 79.9. The van der Waals surface area contributed by atoms with Crippen LogP contribution in [0.3, 0.4) is 0 Å². The summed E-state index contributed by atoms with van der Waals surface area (Å²) >= 11 is 3.13. The normalized spacial score (nSPS) is 12.9. The Morgan fingerprint density at radius 3 is 2.86 bits per heavy atom. The molecule has 1 heterocycles. The van der Waals surface area contributed by atoms with Gasteiger partial charge >= 0.3 is 5.97 Å². The van der Waals surface area contributed by atoms with Gasteiger partial charge in [0.25, 0.3) is 0 Å². The van der Waals surface area contributed by atoms with Crippen molar-refractivity contribution >= 4 is 32.8 Å². The van der Waals surface area contributed by atoms with Crippen molar-refractivity contribution in [1.82, 2.24) is 4.98 Å². The Bertz CT molecular complexity index is 478. The van der Waals surface area contributed by atoms with E-state index in [9.17, 15) is 4.79 Å². The van der Waals surface area contributed by atoms with Gasteiger partial charge in [-0.1, -0.05) is 34.1 Å². The predicted molar refractivity (Wildman–Crippen MR) is 57.6 cm³/mol. The summed E-state index contributed by atoms with van der Waals surface area (Å²) in [5, 5.41) is 9.79. The topological polar surface area (TPSA) is 53.1 Å². The molecule has 0 saturated heterocycles. The molecule has 0 spiro atoms. The standard InChI is InChI=1S/C10H8BrNO2/c11-9(10(13)14)7-5-12-8-4-2-1-3-6(7)8/h1-5,9,12H,(H,13,14). The molecule has 0 radical (unpaired) electrons. The van der Waals surface area contributed by atoms with Gasteiger partial charge in [0.05, 0.1) is 0 Å². The average Bonchev–Trinajstić information content (AvgIpc) is 2.60. The van der Waals surface area contributed by atoms with E-state index in [-0.39, 0.29) is 0 Å². The zero-order chi connectivity index (χ0) is 10.1. The third-order valence-electron chi connectivity index (χ3n) is 2.11. The SMILES string of the molecule is O=C(O)C(Br)c1c[nH]c2ccccc12. The van der Waals surface area contributed by atoms with Gasteiger partial charge < -0.3 is 10.1 Å². The number of rotatable bonds is 2. The molecule has 1 unspecified atom stereocenters. The van der Waals surface area contributed by atoms with Crippen molar-refractivity contribution in [3.05, 3.63) is 36.0 Å². The monoisotopic (exact) mass is 253 g/mol. The molecule has 2 aromatic rings. The van der Waals surface area contributed by atoms with Crippen LogP contribution in [0.25, 0.3) is 10.9 Å². The predicted octanol–water partition coefficient (Wildman–Crippen LogP) is 2.69. The first-order chi connectivity index (χ1) is 6.70. The Morgan fingerprint density at radius 2 is 2.14 bits per heavy atom. The summed E-state index contributed by atoms with van der Waals surface area (Å²) in [5.41, 5.74) is 1.71. The molecule has 0 bridgehead atoms. The van der Waals surface area contributed by atoms with Crippen molar-refractivity contribution in [2.45, 2.75) is 4.83 Å². The van der Waals surface area contributed by atoms with Gasteiger partial charge in [0, 0.05) is 22.7 Å². The lowest BCUT2D eigenvalue weighted by Gasteiger charge is -2.01. The Kier molecular flexibility index (Phi) is 2.29. The number of carboxylic acid groups (broad SMARTS) is 1. The molecular formula is C10H8BrNO2. The molecule has 1 aromatic carbocycles. The Labute approximate surface area is 88.9 Å². The number of aliphatic carboxylic acids is 1. The van der Waals surface area contributed by atoms with Gasteiger partial charge in [-0.25, -0.2) is 0 Å². The van der Waals surface area contributed by atoms with Crippen LogP contribution in [-0.2, 0) is 4.79 Å². The van der Waals surface area contributed by atoms with E-state index in [1.807, 2.05) is 24.3 Å². The van der Waals surface area contributed by atoms with E-state index < -0.39 is 10.8 Å². The van der Waals surface area contributed by atoms with Gasteiger partial charge in [-0.05, 0) is 6.07 Å². The molecule has 0 aliphatic rings. The van der Waals surface area contributed by atoms with Gasteiger partial charge in [0.2, 0.25) is 0 Å². The van der Waals surface area contributed by atoms with Crippen LogP contribution in [0, 0.1) is 0 Å². The second-order valence-corrected chi connectivity index (χ2v) is 3.91. The molecular weight excluding hydrogens is 246 g/mol. The molecule has 2 rings (SSSR count). The molecule has 3 nitrogen and oxygen atoms in total. The van der Waals surface area contributed by atoms with Crippen molar-refractivity contribution in [3.8, 4) is 0 Å². The summed E-state index contributed by atoms with van der Waals surface area (Å²) in [6, 6.07) is 7.62. The molecule has 0 saturated carbocycles. The number of carbonyl (C=O) groups is 1. The van der Waals surface area contributed by atoms with Crippen LogP contribution >= 0.6 is 15.9 Å². The van der Waals surface area contributed by atoms with Crippen LogP contribution in [0.15, 0.2) is 30.5 Å². The number of fused-ring (bicyclic) bond motifs is 1. The number of H-pyrrole nitrogens is 1. The van der Waals surface area contributed by atoms with Crippen LogP contribution in [0.5, 0.6) is 0 Å². The number of aromatic nitrogens is 1. The lowest BCUT2D eigenvalue weighted by molar-refractivity contribution is -0.136.